The summed E-state index contributed by atoms with van der Waals surface area (Å²) in [4.78, 5) is 19.4. The van der Waals surface area contributed by atoms with Gasteiger partial charge in [-0.1, -0.05) is 30.3 Å². The summed E-state index contributed by atoms with van der Waals surface area (Å²) < 4.78 is 11.2. The van der Waals surface area contributed by atoms with Crippen molar-refractivity contribution in [3.05, 3.63) is 35.9 Å². The molecule has 2 saturated heterocycles. The molecule has 2 aliphatic heterocycles. The molecule has 2 aliphatic rings. The van der Waals surface area contributed by atoms with Gasteiger partial charge in [-0.15, -0.1) is 0 Å². The van der Waals surface area contributed by atoms with Gasteiger partial charge in [-0.25, -0.2) is 0 Å². The smallest absolute Gasteiger partial charge is 0.244 e. The van der Waals surface area contributed by atoms with E-state index in [2.05, 4.69) is 4.90 Å². The van der Waals surface area contributed by atoms with Crippen LogP contribution in [0.3, 0.4) is 0 Å². The van der Waals surface area contributed by atoms with Crippen LogP contribution in [0.5, 0.6) is 0 Å². The summed E-state index contributed by atoms with van der Waals surface area (Å²) in [6, 6.07) is 9.80. The van der Waals surface area contributed by atoms with E-state index in [-0.39, 0.29) is 18.1 Å². The molecule has 3 rings (SSSR count). The molecule has 1 amide bonds. The van der Waals surface area contributed by atoms with Crippen LogP contribution in [-0.2, 0) is 14.3 Å². The van der Waals surface area contributed by atoms with E-state index in [0.717, 1.165) is 38.3 Å². The van der Waals surface area contributed by atoms with Crippen LogP contribution in [0.15, 0.2) is 30.3 Å². The molecular weight excluding hydrogens is 318 g/mol. The van der Waals surface area contributed by atoms with Gasteiger partial charge >= 0.3 is 0 Å². The summed E-state index contributed by atoms with van der Waals surface area (Å²) in [5, 5.41) is 0. The molecule has 0 spiro atoms. The van der Waals surface area contributed by atoms with E-state index in [9.17, 15) is 4.79 Å². The fourth-order valence-corrected chi connectivity index (χ4v) is 3.55. The Labute approximate surface area is 150 Å². The van der Waals surface area contributed by atoms with E-state index in [0.29, 0.717) is 19.8 Å². The van der Waals surface area contributed by atoms with Gasteiger partial charge in [0.2, 0.25) is 5.91 Å². The van der Waals surface area contributed by atoms with E-state index in [1.807, 2.05) is 54.2 Å². The number of hydrogen-bond donors (Lipinski definition) is 0. The van der Waals surface area contributed by atoms with Gasteiger partial charge in [0.25, 0.3) is 0 Å². The normalized spacial score (nSPS) is 23.6. The zero-order chi connectivity index (χ0) is 17.6. The summed E-state index contributed by atoms with van der Waals surface area (Å²) in [6.07, 6.45) is 0.162. The summed E-state index contributed by atoms with van der Waals surface area (Å²) in [7, 11) is 3.93. The Morgan fingerprint density at radius 1 is 1.16 bits per heavy atom. The van der Waals surface area contributed by atoms with Crippen LogP contribution >= 0.6 is 0 Å². The lowest BCUT2D eigenvalue weighted by molar-refractivity contribution is -0.139. The minimum absolute atomic E-state index is 0.162. The van der Waals surface area contributed by atoms with Crippen molar-refractivity contribution in [1.29, 1.82) is 0 Å². The largest absolute Gasteiger partial charge is 0.376 e. The molecule has 1 aromatic rings. The zero-order valence-corrected chi connectivity index (χ0v) is 15.3. The molecule has 2 atom stereocenters. The molecule has 2 fully saturated rings. The SMILES string of the molecule is CN(C)C(C(=O)N1CCN(CC2COCCO2)CC1)c1ccccc1. The van der Waals surface area contributed by atoms with Gasteiger partial charge in [-0.3, -0.25) is 14.6 Å². The van der Waals surface area contributed by atoms with Crippen molar-refractivity contribution >= 4 is 5.91 Å². The average Bonchev–Trinajstić information content (AvgIpc) is 2.64. The molecule has 6 nitrogen and oxygen atoms in total. The zero-order valence-electron chi connectivity index (χ0n) is 15.3. The van der Waals surface area contributed by atoms with Crippen molar-refractivity contribution in [3.63, 3.8) is 0 Å². The number of ether oxygens (including phenoxy) is 2. The van der Waals surface area contributed by atoms with Crippen molar-refractivity contribution in [2.24, 2.45) is 0 Å². The van der Waals surface area contributed by atoms with E-state index < -0.39 is 0 Å². The molecule has 2 heterocycles. The number of carbonyl (C=O) groups is 1. The summed E-state index contributed by atoms with van der Waals surface area (Å²) in [5.74, 6) is 0.188. The van der Waals surface area contributed by atoms with E-state index in [1.165, 1.54) is 0 Å². The van der Waals surface area contributed by atoms with Crippen LogP contribution in [0.25, 0.3) is 0 Å². The predicted octanol–water partition coefficient (Wildman–Crippen LogP) is 0.849. The second-order valence-electron chi connectivity index (χ2n) is 6.97. The predicted molar refractivity (Wildman–Crippen MR) is 96.4 cm³/mol. The maximum Gasteiger partial charge on any atom is 0.244 e. The van der Waals surface area contributed by atoms with Crippen molar-refractivity contribution in [1.82, 2.24) is 14.7 Å². The number of likely N-dealkylation sites (N-methyl/N-ethyl adjacent to an activating group) is 1. The lowest BCUT2D eigenvalue weighted by Crippen LogP contribution is -2.53. The first-order chi connectivity index (χ1) is 12.1. The highest BCUT2D eigenvalue weighted by atomic mass is 16.6. The Morgan fingerprint density at radius 3 is 2.48 bits per heavy atom. The second kappa shape index (κ2) is 8.76. The van der Waals surface area contributed by atoms with Crippen LogP contribution in [0.2, 0.25) is 0 Å². The van der Waals surface area contributed by atoms with Gasteiger partial charge in [-0.05, 0) is 19.7 Å². The molecule has 0 saturated carbocycles. The van der Waals surface area contributed by atoms with Gasteiger partial charge in [0.05, 0.1) is 25.9 Å². The molecule has 6 heteroatoms. The summed E-state index contributed by atoms with van der Waals surface area (Å²) >= 11 is 0. The minimum atomic E-state index is -0.220. The Morgan fingerprint density at radius 2 is 1.88 bits per heavy atom. The van der Waals surface area contributed by atoms with Gasteiger partial charge in [-0.2, -0.15) is 0 Å². The molecular formula is C19H29N3O3. The molecule has 25 heavy (non-hydrogen) atoms. The first kappa shape index (κ1) is 18.3. The fraction of sp³-hybridized carbons (Fsp3) is 0.632. The van der Waals surface area contributed by atoms with Crippen LogP contribution in [0.1, 0.15) is 11.6 Å². The highest BCUT2D eigenvalue weighted by Crippen LogP contribution is 2.21. The minimum Gasteiger partial charge on any atom is -0.376 e. The Balaban J connectivity index is 1.55. The third-order valence-corrected chi connectivity index (χ3v) is 4.90. The summed E-state index contributed by atoms with van der Waals surface area (Å²) in [5.41, 5.74) is 1.05. The van der Waals surface area contributed by atoms with Gasteiger partial charge in [0.15, 0.2) is 0 Å². The number of rotatable bonds is 5. The maximum atomic E-state index is 13.1. The van der Waals surface area contributed by atoms with Gasteiger partial charge < -0.3 is 14.4 Å². The molecule has 0 N–H and O–H groups in total. The van der Waals surface area contributed by atoms with Crippen LogP contribution in [0.4, 0.5) is 0 Å². The molecule has 2 unspecified atom stereocenters. The van der Waals surface area contributed by atoms with Crippen LogP contribution in [0, 0.1) is 0 Å². The number of piperazine rings is 1. The topological polar surface area (TPSA) is 45.3 Å². The molecule has 1 aromatic carbocycles. The number of benzene rings is 1. The van der Waals surface area contributed by atoms with Gasteiger partial charge in [0, 0.05) is 32.7 Å². The first-order valence-corrected chi connectivity index (χ1v) is 9.07. The second-order valence-corrected chi connectivity index (χ2v) is 6.97. The Hall–Kier alpha value is -1.47. The summed E-state index contributed by atoms with van der Waals surface area (Å²) in [6.45, 7) is 6.26. The van der Waals surface area contributed by atoms with E-state index in [4.69, 9.17) is 9.47 Å². The van der Waals surface area contributed by atoms with Gasteiger partial charge in [0.1, 0.15) is 6.04 Å². The average molecular weight is 347 g/mol. The quantitative estimate of drug-likeness (QED) is 0.790. The Kier molecular flexibility index (Phi) is 6.42. The number of amides is 1. The molecule has 0 aromatic heterocycles. The molecule has 0 bridgehead atoms. The third kappa shape index (κ3) is 4.79. The maximum absolute atomic E-state index is 13.1. The molecule has 0 radical (unpaired) electrons. The monoisotopic (exact) mass is 347 g/mol. The number of carbonyl (C=O) groups excluding carboxylic acids is 1. The van der Waals surface area contributed by atoms with Crippen molar-refractivity contribution < 1.29 is 14.3 Å². The van der Waals surface area contributed by atoms with Crippen LogP contribution < -0.4 is 0 Å². The van der Waals surface area contributed by atoms with Crippen LogP contribution in [-0.4, -0.2) is 93.4 Å². The number of hydrogen-bond acceptors (Lipinski definition) is 5. The highest BCUT2D eigenvalue weighted by molar-refractivity contribution is 5.83. The lowest BCUT2D eigenvalue weighted by Gasteiger charge is -2.39. The fourth-order valence-electron chi connectivity index (χ4n) is 3.55. The van der Waals surface area contributed by atoms with Crippen molar-refractivity contribution in [2.75, 3.05) is 66.6 Å². The lowest BCUT2D eigenvalue weighted by atomic mass is 10.0. The molecule has 0 aliphatic carbocycles. The van der Waals surface area contributed by atoms with E-state index in [1.54, 1.807) is 0 Å². The highest BCUT2D eigenvalue weighted by Gasteiger charge is 2.30. The first-order valence-electron chi connectivity index (χ1n) is 9.07. The van der Waals surface area contributed by atoms with Crippen molar-refractivity contribution in [3.8, 4) is 0 Å². The van der Waals surface area contributed by atoms with E-state index >= 15 is 0 Å². The van der Waals surface area contributed by atoms with Crippen molar-refractivity contribution in [2.45, 2.75) is 12.1 Å². The standard InChI is InChI=1S/C19H29N3O3/c1-20(2)18(16-6-4-3-5-7-16)19(23)22-10-8-21(9-11-22)14-17-15-24-12-13-25-17/h3-7,17-18H,8-15H2,1-2H3. The molecule has 138 valence electrons. The Bertz CT molecular complexity index is 538. The number of nitrogens with zero attached hydrogens (tertiary/aromatic N) is 3. The third-order valence-electron chi connectivity index (χ3n) is 4.90.